The zero-order chi connectivity index (χ0) is 14.2. The predicted octanol–water partition coefficient (Wildman–Crippen LogP) is 1.78. The van der Waals surface area contributed by atoms with Gasteiger partial charge in [0.2, 0.25) is 5.91 Å². The van der Waals surface area contributed by atoms with Crippen LogP contribution in [-0.2, 0) is 11.0 Å². The number of nitrogens with two attached hydrogens (primary N) is 1. The molecule has 1 aromatic carbocycles. The number of anilines is 1. The third kappa shape index (κ3) is 2.65. The Bertz CT molecular complexity index is 502. The summed E-state index contributed by atoms with van der Waals surface area (Å²) in [5.41, 5.74) is 5.15. The quantitative estimate of drug-likeness (QED) is 0.894. The highest BCUT2D eigenvalue weighted by molar-refractivity contribution is 5.96. The summed E-state index contributed by atoms with van der Waals surface area (Å²) >= 11 is 0. The van der Waals surface area contributed by atoms with Crippen LogP contribution < -0.4 is 15.4 Å². The van der Waals surface area contributed by atoms with E-state index in [9.17, 15) is 18.0 Å². The van der Waals surface area contributed by atoms with Gasteiger partial charge in [-0.15, -0.1) is 0 Å². The fraction of sp³-hybridized carbons (Fsp3) is 0.417. The third-order valence-electron chi connectivity index (χ3n) is 2.96. The molecule has 0 aromatic heterocycles. The fourth-order valence-corrected chi connectivity index (χ4v) is 2.07. The van der Waals surface area contributed by atoms with Crippen molar-refractivity contribution in [2.75, 3.05) is 18.6 Å². The zero-order valence-electron chi connectivity index (χ0n) is 10.2. The molecule has 1 aliphatic rings. The molecule has 104 valence electrons. The van der Waals surface area contributed by atoms with Crippen LogP contribution in [-0.4, -0.2) is 25.6 Å². The van der Waals surface area contributed by atoms with Gasteiger partial charge in [0.05, 0.1) is 12.7 Å². The molecule has 1 unspecified atom stereocenters. The van der Waals surface area contributed by atoms with Crippen LogP contribution >= 0.6 is 0 Å². The standard InChI is InChI=1S/C12H13F3N2O2/c1-19-10-5-8(2-3-9(10)12(13,14)15)17-6-7(16)4-11(17)18/h2-3,5,7H,4,6,16H2,1H3. The Kier molecular flexibility index (Phi) is 3.40. The van der Waals surface area contributed by atoms with E-state index >= 15 is 0 Å². The number of carbonyl (C=O) groups excluding carboxylic acids is 1. The van der Waals surface area contributed by atoms with Crippen molar-refractivity contribution < 1.29 is 22.7 Å². The van der Waals surface area contributed by atoms with Crippen molar-refractivity contribution in [1.29, 1.82) is 0 Å². The van der Waals surface area contributed by atoms with Crippen LogP contribution in [0.25, 0.3) is 0 Å². The summed E-state index contributed by atoms with van der Waals surface area (Å²) in [6, 6.07) is 3.08. The molecule has 0 saturated carbocycles. The number of rotatable bonds is 2. The van der Waals surface area contributed by atoms with E-state index in [0.717, 1.165) is 13.2 Å². The first kappa shape index (κ1) is 13.7. The smallest absolute Gasteiger partial charge is 0.419 e. The monoisotopic (exact) mass is 274 g/mol. The van der Waals surface area contributed by atoms with Gasteiger partial charge in [-0.3, -0.25) is 4.79 Å². The summed E-state index contributed by atoms with van der Waals surface area (Å²) < 4.78 is 42.9. The molecule has 19 heavy (non-hydrogen) atoms. The van der Waals surface area contributed by atoms with Crippen molar-refractivity contribution in [2.45, 2.75) is 18.6 Å². The molecule has 1 aliphatic heterocycles. The first-order chi connectivity index (χ1) is 8.82. The van der Waals surface area contributed by atoms with Gasteiger partial charge >= 0.3 is 6.18 Å². The minimum absolute atomic E-state index is 0.198. The highest BCUT2D eigenvalue weighted by Crippen LogP contribution is 2.38. The van der Waals surface area contributed by atoms with Crippen molar-refractivity contribution in [3.05, 3.63) is 23.8 Å². The second kappa shape index (κ2) is 4.73. The van der Waals surface area contributed by atoms with Crippen molar-refractivity contribution >= 4 is 11.6 Å². The van der Waals surface area contributed by atoms with Crippen LogP contribution in [0.1, 0.15) is 12.0 Å². The van der Waals surface area contributed by atoms with Crippen molar-refractivity contribution in [3.8, 4) is 5.75 Å². The average Bonchev–Trinajstić information content (AvgIpc) is 2.66. The maximum atomic E-state index is 12.7. The predicted molar refractivity (Wildman–Crippen MR) is 62.9 cm³/mol. The SMILES string of the molecule is COc1cc(N2CC(N)CC2=O)ccc1C(F)(F)F. The number of methoxy groups -OCH3 is 1. The van der Waals surface area contributed by atoms with Gasteiger partial charge in [-0.1, -0.05) is 0 Å². The molecule has 0 radical (unpaired) electrons. The molecule has 1 aromatic rings. The Labute approximate surface area is 107 Å². The Hall–Kier alpha value is -1.76. The van der Waals surface area contributed by atoms with Crippen LogP contribution in [0.5, 0.6) is 5.75 Å². The molecule has 2 rings (SSSR count). The van der Waals surface area contributed by atoms with Gasteiger partial charge in [0, 0.05) is 30.8 Å². The number of ether oxygens (including phenoxy) is 1. The molecule has 1 heterocycles. The molecular formula is C12H13F3N2O2. The van der Waals surface area contributed by atoms with Crippen molar-refractivity contribution in [3.63, 3.8) is 0 Å². The van der Waals surface area contributed by atoms with E-state index in [1.54, 1.807) is 0 Å². The van der Waals surface area contributed by atoms with Crippen LogP contribution in [0.15, 0.2) is 18.2 Å². The van der Waals surface area contributed by atoms with Gasteiger partial charge in [-0.05, 0) is 12.1 Å². The van der Waals surface area contributed by atoms with E-state index in [4.69, 9.17) is 10.5 Å². The lowest BCUT2D eigenvalue weighted by Gasteiger charge is -2.19. The van der Waals surface area contributed by atoms with Crippen LogP contribution in [0.2, 0.25) is 0 Å². The van der Waals surface area contributed by atoms with Crippen LogP contribution in [0.4, 0.5) is 18.9 Å². The van der Waals surface area contributed by atoms with Crippen LogP contribution in [0, 0.1) is 0 Å². The lowest BCUT2D eigenvalue weighted by atomic mass is 10.1. The van der Waals surface area contributed by atoms with Gasteiger partial charge in [-0.25, -0.2) is 0 Å². The molecule has 1 fully saturated rings. The van der Waals surface area contributed by atoms with Gasteiger partial charge < -0.3 is 15.4 Å². The summed E-state index contributed by atoms with van der Waals surface area (Å²) in [7, 11) is 1.16. The molecule has 4 nitrogen and oxygen atoms in total. The maximum absolute atomic E-state index is 12.7. The number of halogens is 3. The van der Waals surface area contributed by atoms with Crippen molar-refractivity contribution in [1.82, 2.24) is 0 Å². The molecule has 1 saturated heterocycles. The van der Waals surface area contributed by atoms with E-state index in [0.29, 0.717) is 12.2 Å². The number of benzene rings is 1. The molecule has 1 amide bonds. The number of nitrogens with zero attached hydrogens (tertiary/aromatic N) is 1. The second-order valence-electron chi connectivity index (χ2n) is 4.35. The van der Waals surface area contributed by atoms with E-state index in [-0.39, 0.29) is 24.1 Å². The van der Waals surface area contributed by atoms with Gasteiger partial charge in [0.25, 0.3) is 0 Å². The van der Waals surface area contributed by atoms with E-state index < -0.39 is 11.7 Å². The molecule has 1 atom stereocenters. The second-order valence-corrected chi connectivity index (χ2v) is 4.35. The van der Waals surface area contributed by atoms with Gasteiger partial charge in [-0.2, -0.15) is 13.2 Å². The summed E-state index contributed by atoms with van der Waals surface area (Å²) in [6.45, 7) is 0.299. The summed E-state index contributed by atoms with van der Waals surface area (Å²) in [5, 5.41) is 0. The normalized spacial score (nSPS) is 19.9. The first-order valence-electron chi connectivity index (χ1n) is 5.64. The Morgan fingerprint density at radius 3 is 2.58 bits per heavy atom. The highest BCUT2D eigenvalue weighted by Gasteiger charge is 2.35. The molecule has 2 N–H and O–H groups in total. The van der Waals surface area contributed by atoms with E-state index in [1.165, 1.54) is 17.0 Å². The van der Waals surface area contributed by atoms with E-state index in [2.05, 4.69) is 0 Å². The Morgan fingerprint density at radius 1 is 1.42 bits per heavy atom. The Morgan fingerprint density at radius 2 is 2.11 bits per heavy atom. The minimum Gasteiger partial charge on any atom is -0.496 e. The van der Waals surface area contributed by atoms with Crippen LogP contribution in [0.3, 0.4) is 0 Å². The number of alkyl halides is 3. The van der Waals surface area contributed by atoms with Crippen molar-refractivity contribution in [2.24, 2.45) is 5.73 Å². The number of hydrogen-bond donors (Lipinski definition) is 1. The molecule has 0 spiro atoms. The lowest BCUT2D eigenvalue weighted by Crippen LogP contribution is -2.28. The highest BCUT2D eigenvalue weighted by atomic mass is 19.4. The summed E-state index contributed by atoms with van der Waals surface area (Å²) in [6.07, 6.45) is -4.29. The Balaban J connectivity index is 2.37. The molecule has 0 bridgehead atoms. The molecular weight excluding hydrogens is 261 g/mol. The molecule has 0 aliphatic carbocycles. The maximum Gasteiger partial charge on any atom is 0.419 e. The lowest BCUT2D eigenvalue weighted by molar-refractivity contribution is -0.138. The topological polar surface area (TPSA) is 55.6 Å². The zero-order valence-corrected chi connectivity index (χ0v) is 10.2. The summed E-state index contributed by atoms with van der Waals surface area (Å²) in [4.78, 5) is 13.0. The summed E-state index contributed by atoms with van der Waals surface area (Å²) in [5.74, 6) is -0.507. The molecule has 7 heteroatoms. The van der Waals surface area contributed by atoms with Gasteiger partial charge in [0.1, 0.15) is 5.75 Å². The number of hydrogen-bond acceptors (Lipinski definition) is 3. The third-order valence-corrected chi connectivity index (χ3v) is 2.96. The van der Waals surface area contributed by atoms with E-state index in [1.807, 2.05) is 0 Å². The fourth-order valence-electron chi connectivity index (χ4n) is 2.07. The number of carbonyl (C=O) groups is 1. The number of amides is 1. The minimum atomic E-state index is -4.49. The average molecular weight is 274 g/mol. The first-order valence-corrected chi connectivity index (χ1v) is 5.64. The largest absolute Gasteiger partial charge is 0.496 e. The van der Waals surface area contributed by atoms with Gasteiger partial charge in [0.15, 0.2) is 0 Å².